The van der Waals surface area contributed by atoms with Crippen molar-refractivity contribution in [3.8, 4) is 0 Å². The van der Waals surface area contributed by atoms with Crippen molar-refractivity contribution < 1.29 is 0 Å². The van der Waals surface area contributed by atoms with E-state index in [1.807, 2.05) is 0 Å². The van der Waals surface area contributed by atoms with E-state index in [2.05, 4.69) is 20.0 Å². The maximum Gasteiger partial charge on any atom is 0.149 e. The minimum absolute atomic E-state index is 0.842. The van der Waals surface area contributed by atoms with Crippen LogP contribution in [0.2, 0.25) is 18.3 Å². The van der Waals surface area contributed by atoms with E-state index in [1.54, 1.807) is 0 Å². The Morgan fingerprint density at radius 3 is 1.71 bits per heavy atom. The van der Waals surface area contributed by atoms with Gasteiger partial charge >= 0.3 is 0 Å². The van der Waals surface area contributed by atoms with Gasteiger partial charge in [0.25, 0.3) is 0 Å². The summed E-state index contributed by atoms with van der Waals surface area (Å²) < 4.78 is 0. The molecule has 0 spiro atoms. The first kappa shape index (κ1) is 7.72. The van der Waals surface area contributed by atoms with E-state index in [1.165, 1.54) is 10.2 Å². The van der Waals surface area contributed by atoms with Gasteiger partial charge in [-0.25, -0.2) is 0 Å². The molecule has 0 saturated carbocycles. The Morgan fingerprint density at radius 1 is 1.57 bits per heavy atom. The van der Waals surface area contributed by atoms with Crippen molar-refractivity contribution in [2.45, 2.75) is 25.2 Å². The normalized spacial score (nSPS) is 17.1. The number of hydrogen-bond donors (Lipinski definition) is 0. The SMILES string of the molecule is CC([SiH3])[Si](C)(C)Cl. The lowest BCUT2D eigenvalue weighted by Gasteiger charge is -2.16. The molecule has 0 bridgehead atoms. The monoisotopic (exact) mass is 152 g/mol. The molecule has 0 fully saturated rings. The summed E-state index contributed by atoms with van der Waals surface area (Å²) in [5, 5.41) is 0.842. The summed E-state index contributed by atoms with van der Waals surface area (Å²) in [4.78, 5) is 0. The Kier molecular flexibility index (Phi) is 2.57. The zero-order valence-corrected chi connectivity index (χ0v) is 9.21. The van der Waals surface area contributed by atoms with E-state index in [-0.39, 0.29) is 0 Å². The molecule has 0 N–H and O–H groups in total. The van der Waals surface area contributed by atoms with E-state index < -0.39 is 7.38 Å². The van der Waals surface area contributed by atoms with Crippen molar-refractivity contribution in [3.63, 3.8) is 0 Å². The molecule has 1 unspecified atom stereocenters. The molecular weight excluding hydrogens is 140 g/mol. The van der Waals surface area contributed by atoms with Crippen LogP contribution in [0.25, 0.3) is 0 Å². The van der Waals surface area contributed by atoms with Gasteiger partial charge in [0.1, 0.15) is 7.38 Å². The Morgan fingerprint density at radius 2 is 1.71 bits per heavy atom. The number of halogens is 1. The van der Waals surface area contributed by atoms with E-state index >= 15 is 0 Å². The smallest absolute Gasteiger partial charge is 0.149 e. The molecule has 3 heteroatoms. The van der Waals surface area contributed by atoms with Crippen LogP contribution >= 0.6 is 11.1 Å². The molecular formula is C4H13ClSi2. The Bertz CT molecular complexity index is 55.2. The van der Waals surface area contributed by atoms with Gasteiger partial charge < -0.3 is 0 Å². The lowest BCUT2D eigenvalue weighted by atomic mass is 10.9. The Hall–Kier alpha value is 0.724. The maximum atomic E-state index is 6.04. The van der Waals surface area contributed by atoms with E-state index in [0.29, 0.717) is 0 Å². The summed E-state index contributed by atoms with van der Waals surface area (Å²) in [6.07, 6.45) is 0. The van der Waals surface area contributed by atoms with E-state index in [9.17, 15) is 0 Å². The largest absolute Gasteiger partial charge is 0.168 e. The summed E-state index contributed by atoms with van der Waals surface area (Å²) in [5.41, 5.74) is 0. The van der Waals surface area contributed by atoms with Crippen molar-refractivity contribution in [3.05, 3.63) is 0 Å². The van der Waals surface area contributed by atoms with Gasteiger partial charge in [0.05, 0.1) is 0 Å². The summed E-state index contributed by atoms with van der Waals surface area (Å²) in [5.74, 6) is 0. The summed E-state index contributed by atoms with van der Waals surface area (Å²) in [6, 6.07) is 0. The fourth-order valence-electron chi connectivity index (χ4n) is 0. The summed E-state index contributed by atoms with van der Waals surface area (Å²) in [7, 11) is 0.0571. The van der Waals surface area contributed by atoms with Gasteiger partial charge in [-0.15, -0.1) is 0 Å². The highest BCUT2D eigenvalue weighted by Crippen LogP contribution is 2.20. The van der Waals surface area contributed by atoms with Crippen LogP contribution in [0.4, 0.5) is 0 Å². The van der Waals surface area contributed by atoms with Crippen LogP contribution in [0.1, 0.15) is 6.92 Å². The van der Waals surface area contributed by atoms with Crippen molar-refractivity contribution >= 4 is 28.7 Å². The van der Waals surface area contributed by atoms with Gasteiger partial charge in [0.15, 0.2) is 0 Å². The average molecular weight is 153 g/mol. The minimum Gasteiger partial charge on any atom is -0.168 e. The Labute approximate surface area is 54.4 Å². The van der Waals surface area contributed by atoms with Gasteiger partial charge in [-0.3, -0.25) is 0 Å². The zero-order chi connectivity index (χ0) is 6.08. The first-order chi connectivity index (χ1) is 2.94. The van der Waals surface area contributed by atoms with Crippen LogP contribution in [0.15, 0.2) is 0 Å². The summed E-state index contributed by atoms with van der Waals surface area (Å²) in [6.45, 7) is 6.64. The molecule has 0 aromatic heterocycles. The van der Waals surface area contributed by atoms with Crippen LogP contribution in [-0.2, 0) is 0 Å². The highest BCUT2D eigenvalue weighted by atomic mass is 35.6. The van der Waals surface area contributed by atoms with Gasteiger partial charge in [-0.05, 0) is 5.16 Å². The van der Waals surface area contributed by atoms with Gasteiger partial charge in [-0.1, -0.05) is 20.0 Å². The molecule has 0 saturated heterocycles. The van der Waals surface area contributed by atoms with Crippen molar-refractivity contribution in [2.75, 3.05) is 0 Å². The van der Waals surface area contributed by atoms with Crippen molar-refractivity contribution in [1.82, 2.24) is 0 Å². The van der Waals surface area contributed by atoms with Crippen LogP contribution < -0.4 is 0 Å². The quantitative estimate of drug-likeness (QED) is 0.391. The van der Waals surface area contributed by atoms with Crippen molar-refractivity contribution in [2.24, 2.45) is 0 Å². The molecule has 0 aliphatic heterocycles. The lowest BCUT2D eigenvalue weighted by Crippen LogP contribution is -2.22. The molecule has 0 heterocycles. The maximum absolute atomic E-state index is 6.04. The van der Waals surface area contributed by atoms with Crippen LogP contribution in [0.3, 0.4) is 0 Å². The summed E-state index contributed by atoms with van der Waals surface area (Å²) >= 11 is 6.04. The molecule has 0 aromatic rings. The van der Waals surface area contributed by atoms with E-state index in [4.69, 9.17) is 11.1 Å². The first-order valence-electron chi connectivity index (χ1n) is 2.63. The molecule has 0 aliphatic carbocycles. The van der Waals surface area contributed by atoms with Crippen LogP contribution in [0.5, 0.6) is 0 Å². The standard InChI is InChI=1S/C4H13ClSi2/c1-4(6)7(2,3)5/h4H,1-3,6H3. The zero-order valence-electron chi connectivity index (χ0n) is 5.46. The van der Waals surface area contributed by atoms with Gasteiger partial charge in [-0.2, -0.15) is 11.1 Å². The minimum atomic E-state index is -1.20. The fraction of sp³-hybridized carbons (Fsp3) is 1.00. The second-order valence-electron chi connectivity index (χ2n) is 2.72. The Balaban J connectivity index is 3.54. The molecule has 0 rings (SSSR count). The number of rotatable bonds is 1. The molecule has 0 aliphatic rings. The van der Waals surface area contributed by atoms with E-state index in [0.717, 1.165) is 5.16 Å². The predicted octanol–water partition coefficient (Wildman–Crippen LogP) is 1.14. The fourth-order valence-corrected chi connectivity index (χ4v) is 0. The highest BCUT2D eigenvalue weighted by Gasteiger charge is 2.20. The lowest BCUT2D eigenvalue weighted by molar-refractivity contribution is 1.29. The second kappa shape index (κ2) is 2.33. The van der Waals surface area contributed by atoms with Gasteiger partial charge in [0, 0.05) is 10.2 Å². The first-order valence-corrected chi connectivity index (χ1v) is 7.88. The topological polar surface area (TPSA) is 0 Å². The average Bonchev–Trinajstić information content (AvgIpc) is 1.31. The highest BCUT2D eigenvalue weighted by molar-refractivity contribution is 7.21. The van der Waals surface area contributed by atoms with Crippen molar-refractivity contribution in [1.29, 1.82) is 0 Å². The third-order valence-corrected chi connectivity index (χ3v) is 10.9. The molecule has 0 nitrogen and oxygen atoms in total. The molecule has 0 amide bonds. The molecule has 1 atom stereocenters. The van der Waals surface area contributed by atoms with Crippen LogP contribution in [0, 0.1) is 0 Å². The van der Waals surface area contributed by atoms with Gasteiger partial charge in [0.2, 0.25) is 0 Å². The van der Waals surface area contributed by atoms with Crippen LogP contribution in [-0.4, -0.2) is 17.6 Å². The molecule has 0 radical (unpaired) electrons. The second-order valence-corrected chi connectivity index (χ2v) is 12.8. The molecule has 0 aromatic carbocycles. The number of hydrogen-bond acceptors (Lipinski definition) is 0. The predicted molar refractivity (Wildman–Crippen MR) is 42.7 cm³/mol. The molecule has 7 heavy (non-hydrogen) atoms. The molecule has 44 valence electrons. The third-order valence-electron chi connectivity index (χ3n) is 1.37. The third kappa shape index (κ3) is 3.32.